The summed E-state index contributed by atoms with van der Waals surface area (Å²) >= 11 is 0. The number of nitrogens with zero attached hydrogens (tertiary/aromatic N) is 1. The lowest BCUT2D eigenvalue weighted by molar-refractivity contribution is 0.306. The van der Waals surface area contributed by atoms with Crippen molar-refractivity contribution in [3.8, 4) is 11.8 Å². The first-order valence-corrected chi connectivity index (χ1v) is 6.18. The molecule has 2 N–H and O–H groups in total. The maximum atomic E-state index is 9.14. The minimum Gasteiger partial charge on any atom is -0.489 e. The first kappa shape index (κ1) is 14.1. The molecule has 2 aromatic carbocycles. The molecule has 0 saturated carbocycles. The number of hydrogen-bond acceptors (Lipinski definition) is 4. The molecule has 0 bridgehead atoms. The predicted octanol–water partition coefficient (Wildman–Crippen LogP) is 1.13. The van der Waals surface area contributed by atoms with Gasteiger partial charge < -0.3 is 14.8 Å². The summed E-state index contributed by atoms with van der Waals surface area (Å²) in [7, 11) is -1.47. The molecule has 0 aliphatic carbocycles. The summed E-state index contributed by atoms with van der Waals surface area (Å²) in [5, 5.41) is 27.0. The zero-order chi connectivity index (χ0) is 14.5. The molecule has 2 rings (SSSR count). The molecule has 0 amide bonds. The maximum Gasteiger partial charge on any atom is 0.488 e. The van der Waals surface area contributed by atoms with Crippen molar-refractivity contribution >= 4 is 12.6 Å². The highest BCUT2D eigenvalue weighted by atomic mass is 16.5. The van der Waals surface area contributed by atoms with Gasteiger partial charge in [0.2, 0.25) is 0 Å². The first-order valence-electron chi connectivity index (χ1n) is 6.18. The van der Waals surface area contributed by atoms with Gasteiger partial charge in [0.05, 0.1) is 11.6 Å². The van der Waals surface area contributed by atoms with E-state index >= 15 is 0 Å². The molecule has 4 nitrogen and oxygen atoms in total. The zero-order valence-corrected chi connectivity index (χ0v) is 11.1. The first-order chi connectivity index (χ1) is 9.60. The van der Waals surface area contributed by atoms with E-state index in [0.29, 0.717) is 23.4 Å². The van der Waals surface area contributed by atoms with E-state index in [0.717, 1.165) is 11.1 Å². The largest absolute Gasteiger partial charge is 0.489 e. The summed E-state index contributed by atoms with van der Waals surface area (Å²) in [6, 6.07) is 14.3. The summed E-state index contributed by atoms with van der Waals surface area (Å²) in [5.74, 6) is 0.663. The van der Waals surface area contributed by atoms with Crippen LogP contribution in [-0.2, 0) is 6.61 Å². The van der Waals surface area contributed by atoms with Gasteiger partial charge in [-0.2, -0.15) is 5.26 Å². The van der Waals surface area contributed by atoms with Crippen LogP contribution in [-0.4, -0.2) is 17.2 Å². The van der Waals surface area contributed by atoms with Gasteiger partial charge in [0.15, 0.2) is 0 Å². The Morgan fingerprint density at radius 3 is 2.40 bits per heavy atom. The Balaban J connectivity index is 2.03. The highest BCUT2D eigenvalue weighted by Gasteiger charge is 2.13. The molecule has 20 heavy (non-hydrogen) atoms. The third-order valence-corrected chi connectivity index (χ3v) is 3.01. The Bertz CT molecular complexity index is 633. The van der Waals surface area contributed by atoms with Crippen molar-refractivity contribution in [2.24, 2.45) is 0 Å². The quantitative estimate of drug-likeness (QED) is 0.814. The van der Waals surface area contributed by atoms with Crippen LogP contribution in [0.2, 0.25) is 0 Å². The predicted molar refractivity (Wildman–Crippen MR) is 76.5 cm³/mol. The SMILES string of the molecule is Cc1cc(OCc2ccc(C#N)cc2)ccc1B(O)O. The van der Waals surface area contributed by atoms with E-state index in [1.807, 2.05) is 12.1 Å². The van der Waals surface area contributed by atoms with E-state index in [4.69, 9.17) is 20.0 Å². The molecule has 0 heterocycles. The van der Waals surface area contributed by atoms with Gasteiger partial charge in [-0.3, -0.25) is 0 Å². The molecular formula is C15H14BNO3. The van der Waals surface area contributed by atoms with E-state index in [1.165, 1.54) is 0 Å². The van der Waals surface area contributed by atoms with Crippen molar-refractivity contribution in [3.63, 3.8) is 0 Å². The second kappa shape index (κ2) is 6.24. The van der Waals surface area contributed by atoms with E-state index in [-0.39, 0.29) is 0 Å². The van der Waals surface area contributed by atoms with Crippen LogP contribution in [0.15, 0.2) is 42.5 Å². The van der Waals surface area contributed by atoms with E-state index in [1.54, 1.807) is 37.3 Å². The van der Waals surface area contributed by atoms with Crippen LogP contribution in [0.25, 0.3) is 0 Å². The van der Waals surface area contributed by atoms with Crippen LogP contribution in [0, 0.1) is 18.3 Å². The fourth-order valence-corrected chi connectivity index (χ4v) is 1.87. The maximum absolute atomic E-state index is 9.14. The van der Waals surface area contributed by atoms with Gasteiger partial charge >= 0.3 is 7.12 Å². The molecule has 0 aromatic heterocycles. The summed E-state index contributed by atoms with van der Waals surface area (Å²) in [4.78, 5) is 0. The smallest absolute Gasteiger partial charge is 0.488 e. The minimum atomic E-state index is -1.47. The normalized spacial score (nSPS) is 9.90. The van der Waals surface area contributed by atoms with Crippen LogP contribution < -0.4 is 10.2 Å². The van der Waals surface area contributed by atoms with Crippen molar-refractivity contribution in [2.45, 2.75) is 13.5 Å². The van der Waals surface area contributed by atoms with Gasteiger partial charge in [-0.15, -0.1) is 0 Å². The van der Waals surface area contributed by atoms with Crippen LogP contribution >= 0.6 is 0 Å². The molecule has 0 atom stereocenters. The molecule has 0 aliphatic rings. The molecule has 0 radical (unpaired) electrons. The lowest BCUT2D eigenvalue weighted by Gasteiger charge is -2.10. The summed E-state index contributed by atoms with van der Waals surface area (Å²) in [6.07, 6.45) is 0. The number of rotatable bonds is 4. The average Bonchev–Trinajstić information content (AvgIpc) is 2.45. The molecule has 5 heteroatoms. The molecular weight excluding hydrogens is 253 g/mol. The minimum absolute atomic E-state index is 0.395. The summed E-state index contributed by atoms with van der Waals surface area (Å²) in [5.41, 5.74) is 2.81. The Morgan fingerprint density at radius 2 is 1.85 bits per heavy atom. The highest BCUT2D eigenvalue weighted by molar-refractivity contribution is 6.59. The van der Waals surface area contributed by atoms with Crippen LogP contribution in [0.5, 0.6) is 5.75 Å². The highest BCUT2D eigenvalue weighted by Crippen LogP contribution is 2.14. The van der Waals surface area contributed by atoms with Crippen LogP contribution in [0.1, 0.15) is 16.7 Å². The van der Waals surface area contributed by atoms with Gasteiger partial charge in [-0.1, -0.05) is 18.2 Å². The number of hydrogen-bond donors (Lipinski definition) is 2. The number of aryl methyl sites for hydroxylation is 1. The second-order valence-corrected chi connectivity index (χ2v) is 4.49. The van der Waals surface area contributed by atoms with E-state index < -0.39 is 7.12 Å². The lowest BCUT2D eigenvalue weighted by atomic mass is 9.77. The third kappa shape index (κ3) is 3.38. The molecule has 100 valence electrons. The Morgan fingerprint density at radius 1 is 1.15 bits per heavy atom. The van der Waals surface area contributed by atoms with Crippen molar-refractivity contribution in [2.75, 3.05) is 0 Å². The topological polar surface area (TPSA) is 73.5 Å². The molecule has 0 saturated heterocycles. The van der Waals surface area contributed by atoms with Crippen LogP contribution in [0.4, 0.5) is 0 Å². The van der Waals surface area contributed by atoms with Crippen molar-refractivity contribution < 1.29 is 14.8 Å². The van der Waals surface area contributed by atoms with E-state index in [9.17, 15) is 0 Å². The molecule has 0 spiro atoms. The van der Waals surface area contributed by atoms with Gasteiger partial charge in [0.25, 0.3) is 0 Å². The molecule has 0 unspecified atom stereocenters. The zero-order valence-electron chi connectivity index (χ0n) is 11.1. The van der Waals surface area contributed by atoms with Gasteiger partial charge in [0.1, 0.15) is 12.4 Å². The lowest BCUT2D eigenvalue weighted by Crippen LogP contribution is -2.31. The van der Waals surface area contributed by atoms with Crippen molar-refractivity contribution in [1.82, 2.24) is 0 Å². The van der Waals surface area contributed by atoms with E-state index in [2.05, 4.69) is 6.07 Å². The number of ether oxygens (including phenoxy) is 1. The van der Waals surface area contributed by atoms with Crippen LogP contribution in [0.3, 0.4) is 0 Å². The third-order valence-electron chi connectivity index (χ3n) is 3.01. The summed E-state index contributed by atoms with van der Waals surface area (Å²) < 4.78 is 5.63. The molecule has 0 fully saturated rings. The van der Waals surface area contributed by atoms with Gasteiger partial charge in [-0.25, -0.2) is 0 Å². The van der Waals surface area contributed by atoms with Gasteiger partial charge in [0, 0.05) is 0 Å². The second-order valence-electron chi connectivity index (χ2n) is 4.49. The summed E-state index contributed by atoms with van der Waals surface area (Å²) in [6.45, 7) is 2.19. The van der Waals surface area contributed by atoms with Gasteiger partial charge in [-0.05, 0) is 47.8 Å². The standard InChI is InChI=1S/C15H14BNO3/c1-11-8-14(6-7-15(11)16(18)19)20-10-13-4-2-12(9-17)3-5-13/h2-8,18-19H,10H2,1H3. The fraction of sp³-hybridized carbons (Fsp3) is 0.133. The Labute approximate surface area is 118 Å². The fourth-order valence-electron chi connectivity index (χ4n) is 1.87. The van der Waals surface area contributed by atoms with Crippen molar-refractivity contribution in [1.29, 1.82) is 5.26 Å². The number of benzene rings is 2. The van der Waals surface area contributed by atoms with Crippen molar-refractivity contribution in [3.05, 3.63) is 59.2 Å². The molecule has 0 aliphatic heterocycles. The Hall–Kier alpha value is -2.29. The Kier molecular flexibility index (Phi) is 4.41. The number of nitriles is 1. The monoisotopic (exact) mass is 267 g/mol. The molecule has 2 aromatic rings. The average molecular weight is 267 g/mol.